The van der Waals surface area contributed by atoms with E-state index in [0.29, 0.717) is 5.56 Å². The maximum absolute atomic E-state index is 13.9. The number of phenols is 1. The number of aliphatic hydroxyl groups is 1. The van der Waals surface area contributed by atoms with Gasteiger partial charge in [-0.15, -0.1) is 0 Å². The van der Waals surface area contributed by atoms with E-state index in [9.17, 15) is 24.6 Å². The molecular formula is C27H43N3O6. The Morgan fingerprint density at radius 1 is 1.14 bits per heavy atom. The fraction of sp³-hybridized carbons (Fsp3) is 0.667. The van der Waals surface area contributed by atoms with Gasteiger partial charge in [0.2, 0.25) is 11.8 Å². The van der Waals surface area contributed by atoms with Crippen molar-refractivity contribution >= 4 is 17.9 Å². The molecule has 0 aromatic heterocycles. The number of phenolic OH excluding ortho intramolecular Hbond substituents is 1. The first-order chi connectivity index (χ1) is 16.9. The fourth-order valence-corrected chi connectivity index (χ4v) is 4.48. The van der Waals surface area contributed by atoms with Crippen LogP contribution in [0.25, 0.3) is 0 Å². The number of ether oxygens (including phenoxy) is 1. The molecule has 1 aliphatic rings. The molecule has 4 N–H and O–H groups in total. The van der Waals surface area contributed by atoms with Crippen LogP contribution in [-0.2, 0) is 14.3 Å². The van der Waals surface area contributed by atoms with Gasteiger partial charge in [-0.2, -0.15) is 0 Å². The van der Waals surface area contributed by atoms with Crippen LogP contribution in [0.3, 0.4) is 0 Å². The number of para-hydroxylation sites is 1. The van der Waals surface area contributed by atoms with Gasteiger partial charge >= 0.3 is 6.09 Å². The van der Waals surface area contributed by atoms with Gasteiger partial charge in [-0.25, -0.2) is 4.79 Å². The zero-order valence-corrected chi connectivity index (χ0v) is 22.5. The molecule has 1 aromatic rings. The van der Waals surface area contributed by atoms with Crippen molar-refractivity contribution < 1.29 is 29.3 Å². The van der Waals surface area contributed by atoms with Gasteiger partial charge in [0.15, 0.2) is 0 Å². The number of rotatable bonds is 9. The molecule has 0 bridgehead atoms. The summed E-state index contributed by atoms with van der Waals surface area (Å²) in [6.07, 6.45) is 4.10. The summed E-state index contributed by atoms with van der Waals surface area (Å²) in [6, 6.07) is 2.82. The Labute approximate surface area is 214 Å². The van der Waals surface area contributed by atoms with Gasteiger partial charge in [0.1, 0.15) is 23.4 Å². The lowest BCUT2D eigenvalue weighted by molar-refractivity contribution is -0.144. The monoisotopic (exact) mass is 505 g/mol. The van der Waals surface area contributed by atoms with Gasteiger partial charge in [-0.05, 0) is 52.0 Å². The van der Waals surface area contributed by atoms with E-state index in [1.807, 2.05) is 0 Å². The first-order valence-electron chi connectivity index (χ1n) is 12.9. The highest BCUT2D eigenvalue weighted by molar-refractivity contribution is 5.92. The first-order valence-corrected chi connectivity index (χ1v) is 12.9. The number of carbonyl (C=O) groups excluding carboxylic acids is 3. The quantitative estimate of drug-likeness (QED) is 0.406. The predicted octanol–water partition coefficient (Wildman–Crippen LogP) is 3.56. The Kier molecular flexibility index (Phi) is 10.6. The van der Waals surface area contributed by atoms with Crippen LogP contribution in [0.1, 0.15) is 83.9 Å². The van der Waals surface area contributed by atoms with E-state index in [1.165, 1.54) is 4.90 Å². The number of carbonyl (C=O) groups is 3. The third-order valence-electron chi connectivity index (χ3n) is 6.30. The van der Waals surface area contributed by atoms with E-state index in [0.717, 1.165) is 32.1 Å². The van der Waals surface area contributed by atoms with Crippen molar-refractivity contribution in [3.05, 3.63) is 29.3 Å². The number of nitrogens with zero attached hydrogens (tertiary/aromatic N) is 1. The lowest BCUT2D eigenvalue weighted by atomic mass is 9.93. The highest BCUT2D eigenvalue weighted by atomic mass is 16.6. The van der Waals surface area contributed by atoms with E-state index >= 15 is 0 Å². The topological polar surface area (TPSA) is 128 Å². The number of aliphatic hydroxyl groups excluding tert-OH is 1. The molecule has 1 fully saturated rings. The van der Waals surface area contributed by atoms with Crippen LogP contribution in [0.15, 0.2) is 18.2 Å². The minimum atomic E-state index is -1.19. The second-order valence-corrected chi connectivity index (χ2v) is 10.9. The summed E-state index contributed by atoms with van der Waals surface area (Å²) in [5.74, 6) is -1.39. The number of aryl methyl sites for hydroxylation is 1. The molecular weight excluding hydrogens is 462 g/mol. The van der Waals surface area contributed by atoms with Crippen molar-refractivity contribution in [1.29, 1.82) is 0 Å². The third-order valence-corrected chi connectivity index (χ3v) is 6.30. The van der Waals surface area contributed by atoms with Crippen molar-refractivity contribution in [3.63, 3.8) is 0 Å². The van der Waals surface area contributed by atoms with Gasteiger partial charge in [0.05, 0.1) is 6.61 Å². The van der Waals surface area contributed by atoms with E-state index in [-0.39, 0.29) is 29.8 Å². The largest absolute Gasteiger partial charge is 0.507 e. The number of alkyl carbamates (subject to hydrolysis) is 1. The molecule has 0 spiro atoms. The van der Waals surface area contributed by atoms with Gasteiger partial charge in [-0.3, -0.25) is 9.59 Å². The molecule has 9 heteroatoms. The molecule has 2 unspecified atom stereocenters. The SMILES string of the molecule is Cc1cccc(C(C(=O)NC2CCCCC2)N(CCO)C(=O)C(NC(=O)OC(C)(C)C)C(C)C)c1O. The standard InChI is InChI=1S/C27H43N3O6/c1-17(2)21(29-26(35)36-27(4,5)6)25(34)30(15-16-31)22(20-14-10-11-18(3)23(20)32)24(33)28-19-12-8-7-9-13-19/h10-11,14,17,19,21-22,31-32H,7-9,12-13,15-16H2,1-6H3,(H,28,33)(H,29,35). The van der Waals surface area contributed by atoms with Crippen LogP contribution in [-0.4, -0.2) is 63.9 Å². The van der Waals surface area contributed by atoms with Crippen LogP contribution in [0.4, 0.5) is 4.79 Å². The first kappa shape index (κ1) is 29.4. The Morgan fingerprint density at radius 2 is 1.78 bits per heavy atom. The molecule has 1 aromatic carbocycles. The molecule has 0 heterocycles. The van der Waals surface area contributed by atoms with Gasteiger partial charge in [0.25, 0.3) is 0 Å². The normalized spacial score (nSPS) is 16.2. The van der Waals surface area contributed by atoms with Crippen molar-refractivity contribution in [1.82, 2.24) is 15.5 Å². The van der Waals surface area contributed by atoms with Crippen LogP contribution in [0, 0.1) is 12.8 Å². The molecule has 0 saturated heterocycles. The second-order valence-electron chi connectivity index (χ2n) is 10.9. The maximum atomic E-state index is 13.9. The zero-order chi connectivity index (χ0) is 27.0. The summed E-state index contributed by atoms with van der Waals surface area (Å²) in [5, 5.41) is 26.4. The molecule has 36 heavy (non-hydrogen) atoms. The minimum Gasteiger partial charge on any atom is -0.507 e. The molecule has 9 nitrogen and oxygen atoms in total. The van der Waals surface area contributed by atoms with E-state index in [2.05, 4.69) is 10.6 Å². The summed E-state index contributed by atoms with van der Waals surface area (Å²) < 4.78 is 5.35. The lowest BCUT2D eigenvalue weighted by Gasteiger charge is -2.36. The molecule has 0 radical (unpaired) electrons. The summed E-state index contributed by atoms with van der Waals surface area (Å²) in [5.41, 5.74) is 0.0754. The number of nitrogens with one attached hydrogen (secondary N) is 2. The number of benzene rings is 1. The van der Waals surface area contributed by atoms with Crippen molar-refractivity contribution in [2.45, 2.75) is 97.4 Å². The van der Waals surface area contributed by atoms with E-state index < -0.39 is 42.2 Å². The van der Waals surface area contributed by atoms with Crippen molar-refractivity contribution in [2.24, 2.45) is 5.92 Å². The molecule has 1 saturated carbocycles. The summed E-state index contributed by atoms with van der Waals surface area (Å²) in [7, 11) is 0. The summed E-state index contributed by atoms with van der Waals surface area (Å²) in [4.78, 5) is 41.3. The maximum Gasteiger partial charge on any atom is 0.408 e. The smallest absolute Gasteiger partial charge is 0.408 e. The minimum absolute atomic E-state index is 0.0208. The fourth-order valence-electron chi connectivity index (χ4n) is 4.48. The summed E-state index contributed by atoms with van der Waals surface area (Å²) >= 11 is 0. The molecule has 2 rings (SSSR count). The molecule has 1 aliphatic carbocycles. The highest BCUT2D eigenvalue weighted by Crippen LogP contribution is 2.33. The van der Waals surface area contributed by atoms with E-state index in [1.54, 1.807) is 59.7 Å². The Balaban J connectivity index is 2.46. The molecule has 2 atom stereocenters. The Morgan fingerprint density at radius 3 is 2.33 bits per heavy atom. The lowest BCUT2D eigenvalue weighted by Crippen LogP contribution is -2.56. The van der Waals surface area contributed by atoms with Crippen molar-refractivity contribution in [3.8, 4) is 5.75 Å². The average Bonchev–Trinajstić information content (AvgIpc) is 2.78. The van der Waals surface area contributed by atoms with Crippen LogP contribution in [0.2, 0.25) is 0 Å². The number of hydrogen-bond acceptors (Lipinski definition) is 6. The second kappa shape index (κ2) is 12.9. The summed E-state index contributed by atoms with van der Waals surface area (Å²) in [6.45, 7) is 9.89. The highest BCUT2D eigenvalue weighted by Gasteiger charge is 2.39. The van der Waals surface area contributed by atoms with Crippen molar-refractivity contribution in [2.75, 3.05) is 13.2 Å². The molecule has 3 amide bonds. The number of amides is 3. The average molecular weight is 506 g/mol. The molecule has 202 valence electrons. The Bertz CT molecular complexity index is 905. The Hall–Kier alpha value is -2.81. The third kappa shape index (κ3) is 8.11. The van der Waals surface area contributed by atoms with Gasteiger partial charge in [0, 0.05) is 18.2 Å². The van der Waals surface area contributed by atoms with Crippen LogP contribution < -0.4 is 10.6 Å². The predicted molar refractivity (Wildman–Crippen MR) is 137 cm³/mol. The number of hydrogen-bond donors (Lipinski definition) is 4. The molecule has 0 aliphatic heterocycles. The van der Waals surface area contributed by atoms with Gasteiger partial charge in [-0.1, -0.05) is 51.3 Å². The number of aromatic hydroxyl groups is 1. The van der Waals surface area contributed by atoms with Crippen LogP contribution in [0.5, 0.6) is 5.75 Å². The van der Waals surface area contributed by atoms with Gasteiger partial charge < -0.3 is 30.5 Å². The van der Waals surface area contributed by atoms with Crippen LogP contribution >= 0.6 is 0 Å². The van der Waals surface area contributed by atoms with E-state index in [4.69, 9.17) is 4.74 Å². The zero-order valence-electron chi connectivity index (χ0n) is 22.5.